The van der Waals surface area contributed by atoms with Gasteiger partial charge in [-0.1, -0.05) is 5.11 Å². The lowest BCUT2D eigenvalue weighted by molar-refractivity contribution is 0.0240. The fourth-order valence-electron chi connectivity index (χ4n) is 3.33. The molecule has 0 aliphatic carbocycles. The molecule has 0 saturated carbocycles. The van der Waals surface area contributed by atoms with Gasteiger partial charge in [-0.3, -0.25) is 0 Å². The normalized spacial score (nSPS) is 14.5. The van der Waals surface area contributed by atoms with E-state index >= 15 is 0 Å². The number of anilines is 1. The van der Waals surface area contributed by atoms with Crippen molar-refractivity contribution in [2.24, 2.45) is 5.11 Å². The number of benzene rings is 1. The number of azide groups is 1. The molecular formula is C19H27N5O4. The maximum atomic E-state index is 12.2. The minimum atomic E-state index is -1.01. The number of ether oxygens (including phenoxy) is 1. The molecule has 1 aromatic carbocycles. The van der Waals surface area contributed by atoms with E-state index in [1.54, 1.807) is 18.7 Å². The van der Waals surface area contributed by atoms with E-state index in [1.165, 1.54) is 0 Å². The van der Waals surface area contributed by atoms with Gasteiger partial charge < -0.3 is 19.6 Å². The quantitative estimate of drug-likeness (QED) is 0.476. The summed E-state index contributed by atoms with van der Waals surface area (Å²) in [5, 5.41) is 13.2. The van der Waals surface area contributed by atoms with Crippen molar-refractivity contribution in [1.29, 1.82) is 0 Å². The zero-order valence-corrected chi connectivity index (χ0v) is 17.0. The average Bonchev–Trinajstić information content (AvgIpc) is 2.59. The van der Waals surface area contributed by atoms with E-state index < -0.39 is 11.6 Å². The lowest BCUT2D eigenvalue weighted by atomic mass is 9.95. The van der Waals surface area contributed by atoms with Crippen LogP contribution in [0.25, 0.3) is 10.4 Å². The number of amides is 1. The standard InChI is InChI=1S/C19H27N5O4/c1-12-14(11-21-22-20)10-15(13(2)16(12)17(25)26)23-6-8-24(9-7-23)18(27)28-19(3,4)5/h10H,6-9,11H2,1-5H3,(H,25,26). The highest BCUT2D eigenvalue weighted by molar-refractivity contribution is 5.93. The van der Waals surface area contributed by atoms with E-state index in [1.807, 2.05) is 26.8 Å². The molecule has 1 aliphatic rings. The van der Waals surface area contributed by atoms with Gasteiger partial charge >= 0.3 is 12.1 Å². The summed E-state index contributed by atoms with van der Waals surface area (Å²) < 4.78 is 5.42. The molecule has 0 radical (unpaired) electrons. The van der Waals surface area contributed by atoms with Crippen LogP contribution in [0.1, 0.15) is 47.8 Å². The third kappa shape index (κ3) is 4.86. The lowest BCUT2D eigenvalue weighted by Crippen LogP contribution is -2.50. The van der Waals surface area contributed by atoms with Crippen molar-refractivity contribution in [1.82, 2.24) is 4.90 Å². The maximum absolute atomic E-state index is 12.2. The highest BCUT2D eigenvalue weighted by Gasteiger charge is 2.28. The first-order valence-corrected chi connectivity index (χ1v) is 9.15. The lowest BCUT2D eigenvalue weighted by Gasteiger charge is -2.38. The molecule has 0 unspecified atom stereocenters. The molecule has 1 heterocycles. The summed E-state index contributed by atoms with van der Waals surface area (Å²) in [6.07, 6.45) is -0.344. The molecule has 0 bridgehead atoms. The smallest absolute Gasteiger partial charge is 0.410 e. The second-order valence-corrected chi connectivity index (χ2v) is 7.83. The number of piperazine rings is 1. The van der Waals surface area contributed by atoms with E-state index in [0.717, 1.165) is 5.69 Å². The van der Waals surface area contributed by atoms with Crippen molar-refractivity contribution in [3.05, 3.63) is 38.8 Å². The number of carbonyl (C=O) groups excluding carboxylic acids is 1. The van der Waals surface area contributed by atoms with Crippen LogP contribution in [0.4, 0.5) is 10.5 Å². The van der Waals surface area contributed by atoms with E-state index in [-0.39, 0.29) is 18.2 Å². The molecule has 1 fully saturated rings. The fraction of sp³-hybridized carbons (Fsp3) is 0.579. The number of carbonyl (C=O) groups is 2. The molecule has 9 heteroatoms. The van der Waals surface area contributed by atoms with Crippen LogP contribution in [0, 0.1) is 13.8 Å². The van der Waals surface area contributed by atoms with Gasteiger partial charge in [0.1, 0.15) is 5.60 Å². The minimum absolute atomic E-state index is 0.0910. The van der Waals surface area contributed by atoms with Crippen molar-refractivity contribution in [2.75, 3.05) is 31.1 Å². The van der Waals surface area contributed by atoms with Gasteiger partial charge in [0.2, 0.25) is 0 Å². The fourth-order valence-corrected chi connectivity index (χ4v) is 3.33. The molecule has 0 spiro atoms. The Kier molecular flexibility index (Phi) is 6.41. The van der Waals surface area contributed by atoms with Gasteiger partial charge in [0.15, 0.2) is 0 Å². The summed E-state index contributed by atoms with van der Waals surface area (Å²) in [6, 6.07) is 1.88. The first kappa shape index (κ1) is 21.4. The predicted molar refractivity (Wildman–Crippen MR) is 106 cm³/mol. The van der Waals surface area contributed by atoms with Crippen molar-refractivity contribution in [2.45, 2.75) is 46.8 Å². The Balaban J connectivity index is 2.26. The van der Waals surface area contributed by atoms with Gasteiger partial charge in [-0.25, -0.2) is 9.59 Å². The minimum Gasteiger partial charge on any atom is -0.478 e. The third-order valence-electron chi connectivity index (χ3n) is 4.72. The SMILES string of the molecule is Cc1c(CN=[N+]=[N-])cc(N2CCN(C(=O)OC(C)(C)C)CC2)c(C)c1C(=O)O. The van der Waals surface area contributed by atoms with Crippen LogP contribution >= 0.6 is 0 Å². The van der Waals surface area contributed by atoms with Gasteiger partial charge in [-0.05, 0) is 62.9 Å². The van der Waals surface area contributed by atoms with E-state index in [2.05, 4.69) is 14.9 Å². The topological polar surface area (TPSA) is 119 Å². The summed E-state index contributed by atoms with van der Waals surface area (Å²) in [5.41, 5.74) is 11.0. The van der Waals surface area contributed by atoms with Crippen molar-refractivity contribution < 1.29 is 19.4 Å². The van der Waals surface area contributed by atoms with E-state index in [4.69, 9.17) is 10.3 Å². The zero-order valence-electron chi connectivity index (χ0n) is 17.0. The molecule has 1 saturated heterocycles. The molecule has 152 valence electrons. The zero-order chi connectivity index (χ0) is 21.1. The van der Waals surface area contributed by atoms with Gasteiger partial charge in [0, 0.05) is 36.8 Å². The first-order chi connectivity index (χ1) is 13.0. The Morgan fingerprint density at radius 3 is 2.32 bits per heavy atom. The number of carboxylic acids is 1. The maximum Gasteiger partial charge on any atom is 0.410 e. The number of hydrogen-bond acceptors (Lipinski definition) is 5. The van der Waals surface area contributed by atoms with Crippen LogP contribution in [0.3, 0.4) is 0 Å². The van der Waals surface area contributed by atoms with E-state index in [0.29, 0.717) is 42.9 Å². The molecule has 1 amide bonds. The Hall–Kier alpha value is -2.93. The molecule has 2 rings (SSSR count). The summed E-state index contributed by atoms with van der Waals surface area (Å²) in [5.74, 6) is -1.01. The second-order valence-electron chi connectivity index (χ2n) is 7.83. The highest BCUT2D eigenvalue weighted by Crippen LogP contribution is 2.30. The van der Waals surface area contributed by atoms with Crippen LogP contribution in [0.2, 0.25) is 0 Å². The summed E-state index contributed by atoms with van der Waals surface area (Å²) in [6.45, 7) is 11.2. The summed E-state index contributed by atoms with van der Waals surface area (Å²) >= 11 is 0. The van der Waals surface area contributed by atoms with Crippen molar-refractivity contribution >= 4 is 17.7 Å². The van der Waals surface area contributed by atoms with E-state index in [9.17, 15) is 14.7 Å². The number of nitrogens with zero attached hydrogens (tertiary/aromatic N) is 5. The van der Waals surface area contributed by atoms with Crippen LogP contribution in [0.15, 0.2) is 11.2 Å². The molecule has 9 nitrogen and oxygen atoms in total. The van der Waals surface area contributed by atoms with Gasteiger partial charge in [-0.15, -0.1) is 0 Å². The van der Waals surface area contributed by atoms with Crippen molar-refractivity contribution in [3.63, 3.8) is 0 Å². The molecule has 1 N–H and O–H groups in total. The molecule has 1 aliphatic heterocycles. The largest absolute Gasteiger partial charge is 0.478 e. The highest BCUT2D eigenvalue weighted by atomic mass is 16.6. The van der Waals surface area contributed by atoms with Gasteiger partial charge in [0.05, 0.1) is 12.1 Å². The molecule has 0 atom stereocenters. The monoisotopic (exact) mass is 389 g/mol. The van der Waals surface area contributed by atoms with Crippen LogP contribution in [-0.4, -0.2) is 53.8 Å². The Bertz CT molecular complexity index is 817. The van der Waals surface area contributed by atoms with Crippen LogP contribution in [0.5, 0.6) is 0 Å². The number of aromatic carboxylic acids is 1. The summed E-state index contributed by atoms with van der Waals surface area (Å²) in [4.78, 5) is 30.5. The van der Waals surface area contributed by atoms with Crippen LogP contribution in [-0.2, 0) is 11.3 Å². The van der Waals surface area contributed by atoms with Gasteiger partial charge in [-0.2, -0.15) is 0 Å². The van der Waals surface area contributed by atoms with Crippen LogP contribution < -0.4 is 4.90 Å². The van der Waals surface area contributed by atoms with Gasteiger partial charge in [0.25, 0.3) is 0 Å². The Morgan fingerprint density at radius 1 is 1.21 bits per heavy atom. The summed E-state index contributed by atoms with van der Waals surface area (Å²) in [7, 11) is 0. The molecule has 1 aromatic rings. The number of carboxylic acid groups (broad SMARTS) is 1. The average molecular weight is 389 g/mol. The molecular weight excluding hydrogens is 362 g/mol. The first-order valence-electron chi connectivity index (χ1n) is 9.15. The number of hydrogen-bond donors (Lipinski definition) is 1. The third-order valence-corrected chi connectivity index (χ3v) is 4.72. The van der Waals surface area contributed by atoms with Crippen molar-refractivity contribution in [3.8, 4) is 0 Å². The predicted octanol–water partition coefficient (Wildman–Crippen LogP) is 3.87. The molecule has 0 aromatic heterocycles. The Labute approximate surface area is 164 Å². The number of rotatable bonds is 4. The molecule has 28 heavy (non-hydrogen) atoms. The Morgan fingerprint density at radius 2 is 1.82 bits per heavy atom. The second kappa shape index (κ2) is 8.39.